The first-order chi connectivity index (χ1) is 19.1. The third-order valence-corrected chi connectivity index (χ3v) is 5.76. The molecule has 3 heterocycles. The van der Waals surface area contributed by atoms with Crippen LogP contribution in [0.25, 0.3) is 22.2 Å². The number of hydrogen-bond acceptors (Lipinski definition) is 6. The number of nitrogens with zero attached hydrogens (tertiary/aromatic N) is 4. The molecule has 218 valence electrons. The Balaban J connectivity index is 1.56. The second-order valence-corrected chi connectivity index (χ2v) is 8.80. The van der Waals surface area contributed by atoms with Crippen LogP contribution in [0.15, 0.2) is 46.5 Å². The van der Waals surface area contributed by atoms with E-state index in [1.807, 2.05) is 0 Å². The first-order valence-corrected chi connectivity index (χ1v) is 11.4. The van der Waals surface area contributed by atoms with E-state index in [4.69, 9.17) is 4.74 Å². The highest BCUT2D eigenvalue weighted by Gasteiger charge is 2.39. The number of alkyl halides is 7. The van der Waals surface area contributed by atoms with Crippen LogP contribution in [0.3, 0.4) is 0 Å². The molecule has 2 atom stereocenters. The van der Waals surface area contributed by atoms with Crippen molar-refractivity contribution in [2.75, 3.05) is 0 Å². The average molecular weight is 593 g/mol. The molecule has 17 heteroatoms. The lowest BCUT2D eigenvalue weighted by Gasteiger charge is -2.19. The number of H-pyrrole nitrogens is 1. The van der Waals surface area contributed by atoms with Crippen LogP contribution in [-0.4, -0.2) is 37.0 Å². The van der Waals surface area contributed by atoms with Gasteiger partial charge in [-0.3, -0.25) is 9.59 Å². The molecule has 3 aromatic heterocycles. The van der Waals surface area contributed by atoms with Gasteiger partial charge in [-0.15, -0.1) is 0 Å². The maximum Gasteiger partial charge on any atom is 0.425 e. The number of rotatable bonds is 7. The van der Waals surface area contributed by atoms with E-state index < -0.39 is 99.4 Å². The van der Waals surface area contributed by atoms with E-state index in [1.165, 1.54) is 6.92 Å². The molecule has 0 bridgehead atoms. The summed E-state index contributed by atoms with van der Waals surface area (Å²) in [6, 6.07) is 1.43. The van der Waals surface area contributed by atoms with Gasteiger partial charge in [0.05, 0.1) is 35.4 Å². The Morgan fingerprint density at radius 2 is 1.61 bits per heavy atom. The molecule has 0 saturated heterocycles. The van der Waals surface area contributed by atoms with Gasteiger partial charge in [0.2, 0.25) is 0 Å². The number of hydrogen-bond donors (Lipinski definition) is 1. The molecule has 0 fully saturated rings. The quantitative estimate of drug-likeness (QED) is 0.301. The molecular weight excluding hydrogens is 577 g/mol. The number of benzene rings is 1. The Kier molecular flexibility index (Phi) is 7.82. The Bertz CT molecular complexity index is 1700. The molecular formula is C24H16F9N5O3. The van der Waals surface area contributed by atoms with Crippen LogP contribution < -0.4 is 15.9 Å². The van der Waals surface area contributed by atoms with Crippen molar-refractivity contribution >= 4 is 10.8 Å². The minimum Gasteiger partial charge on any atom is -0.488 e. The van der Waals surface area contributed by atoms with Gasteiger partial charge < -0.3 is 9.30 Å². The number of aromatic amines is 1. The lowest BCUT2D eigenvalue weighted by molar-refractivity contribution is -0.140. The molecule has 0 unspecified atom stereocenters. The van der Waals surface area contributed by atoms with Crippen molar-refractivity contribution < 1.29 is 44.3 Å². The molecule has 1 N–H and O–H groups in total. The van der Waals surface area contributed by atoms with E-state index >= 15 is 0 Å². The smallest absolute Gasteiger partial charge is 0.425 e. The van der Waals surface area contributed by atoms with Gasteiger partial charge in [0.15, 0.2) is 17.1 Å². The van der Waals surface area contributed by atoms with Crippen LogP contribution in [0, 0.1) is 11.6 Å². The number of nitrogens with one attached hydrogen (secondary N) is 1. The number of halogens is 9. The maximum absolute atomic E-state index is 14.9. The topological polar surface area (TPSA) is 103 Å². The minimum absolute atomic E-state index is 0.405. The summed E-state index contributed by atoms with van der Waals surface area (Å²) in [5.41, 5.74) is -5.98. The van der Waals surface area contributed by atoms with E-state index in [9.17, 15) is 49.1 Å². The Morgan fingerprint density at radius 3 is 2.22 bits per heavy atom. The molecule has 0 spiro atoms. The Hall–Kier alpha value is -4.44. The van der Waals surface area contributed by atoms with Gasteiger partial charge in [0.1, 0.15) is 17.8 Å². The largest absolute Gasteiger partial charge is 0.488 e. The molecule has 0 aliphatic heterocycles. The zero-order valence-corrected chi connectivity index (χ0v) is 20.4. The molecule has 41 heavy (non-hydrogen) atoms. The highest BCUT2D eigenvalue weighted by atomic mass is 19.4. The molecule has 4 aromatic rings. The van der Waals surface area contributed by atoms with Gasteiger partial charge in [0, 0.05) is 30.4 Å². The molecule has 0 radical (unpaired) electrons. The van der Waals surface area contributed by atoms with Crippen LogP contribution in [0.4, 0.5) is 39.5 Å². The fourth-order valence-corrected chi connectivity index (χ4v) is 3.94. The van der Waals surface area contributed by atoms with Crippen molar-refractivity contribution in [1.82, 2.24) is 24.7 Å². The normalized spacial score (nSPS) is 13.8. The van der Waals surface area contributed by atoms with Crippen molar-refractivity contribution in [1.29, 1.82) is 0 Å². The molecule has 0 amide bonds. The fraction of sp³-hybridized carbons (Fsp3) is 0.292. The van der Waals surface area contributed by atoms with Crippen LogP contribution in [-0.2, 0) is 18.9 Å². The van der Waals surface area contributed by atoms with E-state index in [2.05, 4.69) is 15.1 Å². The molecule has 0 saturated carbocycles. The standard InChI is InChI=1S/C24H16F9N5O3/c1-10(41-18-7-36-37-21(39)19(18)24(31,32)33)2-12(25)8-38-9-17(27)13-3-15(16(26)4-14(13)22(38)40)20-34-5-11(6-35-20)23(28,29)30/h3-7,9-10,12H,2,8H2,1H3,(H,37,39)/t10-,12+/m0/s1. The summed E-state index contributed by atoms with van der Waals surface area (Å²) in [5.74, 6) is -3.74. The summed E-state index contributed by atoms with van der Waals surface area (Å²) in [7, 11) is 0. The van der Waals surface area contributed by atoms with Crippen LogP contribution in [0.5, 0.6) is 5.75 Å². The first kappa shape index (κ1) is 29.5. The second-order valence-electron chi connectivity index (χ2n) is 8.80. The summed E-state index contributed by atoms with van der Waals surface area (Å²) in [6.07, 6.45) is -11.7. The first-order valence-electron chi connectivity index (χ1n) is 11.4. The number of fused-ring (bicyclic) bond motifs is 1. The number of aromatic nitrogens is 5. The summed E-state index contributed by atoms with van der Waals surface area (Å²) >= 11 is 0. The zero-order valence-electron chi connectivity index (χ0n) is 20.4. The monoisotopic (exact) mass is 593 g/mol. The summed E-state index contributed by atoms with van der Waals surface area (Å²) in [5, 5.41) is 3.87. The third-order valence-electron chi connectivity index (χ3n) is 5.76. The van der Waals surface area contributed by atoms with E-state index in [1.54, 1.807) is 5.10 Å². The summed E-state index contributed by atoms with van der Waals surface area (Å²) in [6.45, 7) is 0.391. The third kappa shape index (κ3) is 6.33. The van der Waals surface area contributed by atoms with Gasteiger partial charge >= 0.3 is 12.4 Å². The van der Waals surface area contributed by atoms with Crippen molar-refractivity contribution in [3.63, 3.8) is 0 Å². The molecule has 0 aliphatic carbocycles. The fourth-order valence-electron chi connectivity index (χ4n) is 3.94. The highest BCUT2D eigenvalue weighted by Crippen LogP contribution is 2.34. The van der Waals surface area contributed by atoms with Gasteiger partial charge in [-0.2, -0.15) is 31.4 Å². The second kappa shape index (κ2) is 10.9. The van der Waals surface area contributed by atoms with Crippen LogP contribution in [0.1, 0.15) is 24.5 Å². The van der Waals surface area contributed by atoms with Crippen molar-refractivity contribution in [2.24, 2.45) is 0 Å². The van der Waals surface area contributed by atoms with Crippen molar-refractivity contribution in [2.45, 2.75) is 44.5 Å². The average Bonchev–Trinajstić information content (AvgIpc) is 2.85. The minimum atomic E-state index is -5.09. The molecule has 0 aliphatic rings. The maximum atomic E-state index is 14.9. The molecule has 8 nitrogen and oxygen atoms in total. The molecule has 1 aromatic carbocycles. The SMILES string of the molecule is C[C@@H](C[C@@H](F)Cn1cc(F)c2cc(-c3ncc(C(F)(F)F)cn3)c(F)cc2c1=O)Oc1cn[nH]c(=O)c1C(F)(F)F. The molecule has 4 rings (SSSR count). The lowest BCUT2D eigenvalue weighted by Crippen LogP contribution is -2.29. The lowest BCUT2D eigenvalue weighted by atomic mass is 10.1. The Labute approximate surface area is 222 Å². The van der Waals surface area contributed by atoms with E-state index in [0.717, 1.165) is 6.07 Å². The van der Waals surface area contributed by atoms with Crippen molar-refractivity contribution in [3.05, 3.63) is 80.4 Å². The predicted octanol–water partition coefficient (Wildman–Crippen LogP) is 5.05. The van der Waals surface area contributed by atoms with Gasteiger partial charge in [0.25, 0.3) is 11.1 Å². The van der Waals surface area contributed by atoms with Crippen molar-refractivity contribution in [3.8, 4) is 17.1 Å². The van der Waals surface area contributed by atoms with Gasteiger partial charge in [-0.25, -0.2) is 28.2 Å². The van der Waals surface area contributed by atoms with E-state index in [-0.39, 0.29) is 0 Å². The summed E-state index contributed by atoms with van der Waals surface area (Å²) < 4.78 is 128. The van der Waals surface area contributed by atoms with Gasteiger partial charge in [-0.1, -0.05) is 0 Å². The predicted molar refractivity (Wildman–Crippen MR) is 124 cm³/mol. The highest BCUT2D eigenvalue weighted by molar-refractivity contribution is 5.86. The van der Waals surface area contributed by atoms with Gasteiger partial charge in [-0.05, 0) is 19.1 Å². The van der Waals surface area contributed by atoms with E-state index in [0.29, 0.717) is 35.4 Å². The zero-order chi connectivity index (χ0) is 30.3. The summed E-state index contributed by atoms with van der Waals surface area (Å²) in [4.78, 5) is 31.3. The number of ether oxygens (including phenoxy) is 1. The Morgan fingerprint density at radius 1 is 0.951 bits per heavy atom. The van der Waals surface area contributed by atoms with Crippen LogP contribution in [0.2, 0.25) is 0 Å². The van der Waals surface area contributed by atoms with Crippen LogP contribution >= 0.6 is 0 Å². The number of pyridine rings is 1.